The molecule has 0 unspecified atom stereocenters. The molecule has 1 N–H and O–H groups in total. The molecule has 0 aliphatic rings. The number of aryl methyl sites for hydroxylation is 1. The molecule has 0 saturated carbocycles. The second-order valence-corrected chi connectivity index (χ2v) is 4.16. The number of carbonyl (C=O) groups is 1. The summed E-state index contributed by atoms with van der Waals surface area (Å²) in [6.07, 6.45) is 1.34. The van der Waals surface area contributed by atoms with E-state index in [1.54, 1.807) is 6.07 Å². The van der Waals surface area contributed by atoms with Crippen LogP contribution >= 0.6 is 15.9 Å². The number of halogens is 1. The Morgan fingerprint density at radius 2 is 2.20 bits per heavy atom. The summed E-state index contributed by atoms with van der Waals surface area (Å²) < 4.78 is 0. The van der Waals surface area contributed by atoms with E-state index in [0.29, 0.717) is 11.8 Å². The molecule has 82 valence electrons. The molecular formula is C12H15BrO2. The van der Waals surface area contributed by atoms with E-state index < -0.39 is 0 Å². The van der Waals surface area contributed by atoms with Gasteiger partial charge in [-0.1, -0.05) is 35.0 Å². The predicted octanol–water partition coefficient (Wildman–Crippen LogP) is 2.71. The maximum atomic E-state index is 11.8. The zero-order chi connectivity index (χ0) is 11.3. The molecule has 3 heteroatoms. The summed E-state index contributed by atoms with van der Waals surface area (Å²) in [4.78, 5) is 11.8. The third-order valence-corrected chi connectivity index (χ3v) is 2.76. The van der Waals surface area contributed by atoms with E-state index in [-0.39, 0.29) is 12.4 Å². The first-order valence-electron chi connectivity index (χ1n) is 5.04. The van der Waals surface area contributed by atoms with Gasteiger partial charge in [-0.3, -0.25) is 4.79 Å². The SMILES string of the molecule is CCc1ccc(CO)cc1C(=O)CCBr. The Kier molecular flexibility index (Phi) is 4.99. The summed E-state index contributed by atoms with van der Waals surface area (Å²) in [5.41, 5.74) is 2.60. The molecule has 0 amide bonds. The molecule has 15 heavy (non-hydrogen) atoms. The van der Waals surface area contributed by atoms with Gasteiger partial charge in [-0.05, 0) is 23.6 Å². The molecular weight excluding hydrogens is 256 g/mol. The summed E-state index contributed by atoms with van der Waals surface area (Å²) in [5, 5.41) is 9.70. The van der Waals surface area contributed by atoms with Crippen molar-refractivity contribution in [2.24, 2.45) is 0 Å². The van der Waals surface area contributed by atoms with E-state index in [4.69, 9.17) is 5.11 Å². The molecule has 0 radical (unpaired) electrons. The molecule has 0 fully saturated rings. The number of carbonyl (C=O) groups excluding carboxylic acids is 1. The van der Waals surface area contributed by atoms with Crippen LogP contribution in [0.4, 0.5) is 0 Å². The molecule has 0 heterocycles. The molecule has 1 aromatic carbocycles. The molecule has 1 aromatic rings. The van der Waals surface area contributed by atoms with Crippen LogP contribution in [-0.2, 0) is 13.0 Å². The minimum Gasteiger partial charge on any atom is -0.392 e. The summed E-state index contributed by atoms with van der Waals surface area (Å²) >= 11 is 3.26. The molecule has 0 aliphatic carbocycles. The van der Waals surface area contributed by atoms with Crippen molar-refractivity contribution in [3.63, 3.8) is 0 Å². The molecule has 2 nitrogen and oxygen atoms in total. The lowest BCUT2D eigenvalue weighted by atomic mass is 9.98. The van der Waals surface area contributed by atoms with Gasteiger partial charge in [-0.2, -0.15) is 0 Å². The highest BCUT2D eigenvalue weighted by Gasteiger charge is 2.10. The van der Waals surface area contributed by atoms with E-state index in [1.807, 2.05) is 19.1 Å². The van der Waals surface area contributed by atoms with Crippen LogP contribution in [-0.4, -0.2) is 16.2 Å². The van der Waals surface area contributed by atoms with Gasteiger partial charge < -0.3 is 5.11 Å². The van der Waals surface area contributed by atoms with Gasteiger partial charge >= 0.3 is 0 Å². The standard InChI is InChI=1S/C12H15BrO2/c1-2-10-4-3-9(8-14)7-11(10)12(15)5-6-13/h3-4,7,14H,2,5-6,8H2,1H3. The highest BCUT2D eigenvalue weighted by atomic mass is 79.9. The Hall–Kier alpha value is -0.670. The molecule has 1 rings (SSSR count). The van der Waals surface area contributed by atoms with Gasteiger partial charge in [0, 0.05) is 17.3 Å². The zero-order valence-electron chi connectivity index (χ0n) is 8.79. The number of benzene rings is 1. The number of hydrogen-bond donors (Lipinski definition) is 1. The first-order chi connectivity index (χ1) is 7.22. The molecule has 0 aromatic heterocycles. The van der Waals surface area contributed by atoms with Gasteiger partial charge in [0.15, 0.2) is 5.78 Å². The Morgan fingerprint density at radius 1 is 1.47 bits per heavy atom. The Bertz CT molecular complexity index is 347. The van der Waals surface area contributed by atoms with Crippen LogP contribution in [0.15, 0.2) is 18.2 Å². The van der Waals surface area contributed by atoms with Crippen molar-refractivity contribution in [3.05, 3.63) is 34.9 Å². The van der Waals surface area contributed by atoms with Crippen LogP contribution in [0.1, 0.15) is 34.8 Å². The summed E-state index contributed by atoms with van der Waals surface area (Å²) in [5.74, 6) is 0.138. The molecule has 0 bridgehead atoms. The fraction of sp³-hybridized carbons (Fsp3) is 0.417. The van der Waals surface area contributed by atoms with Gasteiger partial charge in [0.05, 0.1) is 6.61 Å². The van der Waals surface area contributed by atoms with Crippen molar-refractivity contribution in [2.45, 2.75) is 26.4 Å². The van der Waals surface area contributed by atoms with E-state index in [2.05, 4.69) is 15.9 Å². The monoisotopic (exact) mass is 270 g/mol. The average molecular weight is 271 g/mol. The number of aliphatic hydroxyl groups is 1. The van der Waals surface area contributed by atoms with E-state index in [0.717, 1.165) is 23.1 Å². The van der Waals surface area contributed by atoms with E-state index >= 15 is 0 Å². The second kappa shape index (κ2) is 6.03. The number of hydrogen-bond acceptors (Lipinski definition) is 2. The van der Waals surface area contributed by atoms with Gasteiger partial charge in [0.25, 0.3) is 0 Å². The maximum Gasteiger partial charge on any atom is 0.163 e. The van der Waals surface area contributed by atoms with Crippen LogP contribution in [0.3, 0.4) is 0 Å². The van der Waals surface area contributed by atoms with Crippen LogP contribution < -0.4 is 0 Å². The lowest BCUT2D eigenvalue weighted by Crippen LogP contribution is -2.05. The molecule has 0 saturated heterocycles. The summed E-state index contributed by atoms with van der Waals surface area (Å²) in [7, 11) is 0. The van der Waals surface area contributed by atoms with Crippen molar-refractivity contribution in [2.75, 3.05) is 5.33 Å². The van der Waals surface area contributed by atoms with Crippen LogP contribution in [0.25, 0.3) is 0 Å². The fourth-order valence-corrected chi connectivity index (χ4v) is 1.87. The molecule has 0 atom stereocenters. The number of aliphatic hydroxyl groups excluding tert-OH is 1. The maximum absolute atomic E-state index is 11.8. The van der Waals surface area contributed by atoms with E-state index in [1.165, 1.54) is 0 Å². The van der Waals surface area contributed by atoms with Crippen molar-refractivity contribution in [3.8, 4) is 0 Å². The number of rotatable bonds is 5. The van der Waals surface area contributed by atoms with Gasteiger partial charge in [-0.15, -0.1) is 0 Å². The summed E-state index contributed by atoms with van der Waals surface area (Å²) in [6, 6.07) is 5.58. The van der Waals surface area contributed by atoms with Crippen LogP contribution in [0, 0.1) is 0 Å². The topological polar surface area (TPSA) is 37.3 Å². The third-order valence-electron chi connectivity index (χ3n) is 2.36. The van der Waals surface area contributed by atoms with Crippen molar-refractivity contribution in [1.82, 2.24) is 0 Å². The minimum absolute atomic E-state index is 0.0153. The smallest absolute Gasteiger partial charge is 0.163 e. The lowest BCUT2D eigenvalue weighted by molar-refractivity contribution is 0.0989. The van der Waals surface area contributed by atoms with E-state index in [9.17, 15) is 4.79 Å². The number of alkyl halides is 1. The predicted molar refractivity (Wildman–Crippen MR) is 64.5 cm³/mol. The highest BCUT2D eigenvalue weighted by molar-refractivity contribution is 9.09. The fourth-order valence-electron chi connectivity index (χ4n) is 1.51. The van der Waals surface area contributed by atoms with Gasteiger partial charge in [0.2, 0.25) is 0 Å². The van der Waals surface area contributed by atoms with Crippen molar-refractivity contribution in [1.29, 1.82) is 0 Å². The largest absolute Gasteiger partial charge is 0.392 e. The summed E-state index contributed by atoms with van der Waals surface area (Å²) in [6.45, 7) is 2.01. The minimum atomic E-state index is -0.0153. The van der Waals surface area contributed by atoms with Crippen LogP contribution in [0.2, 0.25) is 0 Å². The molecule has 0 spiro atoms. The highest BCUT2D eigenvalue weighted by Crippen LogP contribution is 2.15. The van der Waals surface area contributed by atoms with Crippen LogP contribution in [0.5, 0.6) is 0 Å². The lowest BCUT2D eigenvalue weighted by Gasteiger charge is -2.07. The first-order valence-corrected chi connectivity index (χ1v) is 6.16. The normalized spacial score (nSPS) is 10.3. The second-order valence-electron chi connectivity index (χ2n) is 3.37. The molecule has 0 aliphatic heterocycles. The quantitative estimate of drug-likeness (QED) is 0.660. The van der Waals surface area contributed by atoms with Gasteiger partial charge in [0.1, 0.15) is 0 Å². The number of ketones is 1. The Morgan fingerprint density at radius 3 is 2.73 bits per heavy atom. The number of Topliss-reactive ketones (excluding diaryl/α,β-unsaturated/α-hetero) is 1. The van der Waals surface area contributed by atoms with Crippen molar-refractivity contribution >= 4 is 21.7 Å². The Balaban J connectivity index is 3.05. The average Bonchev–Trinajstić information content (AvgIpc) is 2.28. The van der Waals surface area contributed by atoms with Crippen molar-refractivity contribution < 1.29 is 9.90 Å². The zero-order valence-corrected chi connectivity index (χ0v) is 10.4. The van der Waals surface area contributed by atoms with Gasteiger partial charge in [-0.25, -0.2) is 0 Å². The first kappa shape index (κ1) is 12.4. The third kappa shape index (κ3) is 3.14. The Labute approximate surface area is 98.4 Å².